The monoisotopic (exact) mass is 268 g/mol. The number of piperazine rings is 1. The van der Waals surface area contributed by atoms with Gasteiger partial charge in [0, 0.05) is 42.5 Å². The molecule has 2 rings (SSSR count). The molecule has 1 aliphatic rings. The van der Waals surface area contributed by atoms with E-state index in [0.717, 1.165) is 24.5 Å². The first-order valence-electron chi connectivity index (χ1n) is 6.49. The number of halogens is 1. The quantitative estimate of drug-likeness (QED) is 0.882. The molecular formula is C14H21ClN2O. The van der Waals surface area contributed by atoms with Gasteiger partial charge in [-0.05, 0) is 38.0 Å². The maximum atomic E-state index is 9.21. The Morgan fingerprint density at radius 2 is 2.22 bits per heavy atom. The van der Waals surface area contributed by atoms with Gasteiger partial charge in [0.25, 0.3) is 0 Å². The van der Waals surface area contributed by atoms with Gasteiger partial charge in [-0.1, -0.05) is 17.7 Å². The van der Waals surface area contributed by atoms with Crippen LogP contribution in [-0.2, 0) is 0 Å². The molecule has 0 bridgehead atoms. The zero-order valence-electron chi connectivity index (χ0n) is 11.0. The molecule has 0 radical (unpaired) electrons. The first-order valence-corrected chi connectivity index (χ1v) is 6.87. The molecule has 1 aliphatic heterocycles. The van der Waals surface area contributed by atoms with Crippen LogP contribution in [0.5, 0.6) is 0 Å². The standard InChI is InChI=1S/C14H21ClN2O/c1-10-3-4-12(15)7-14(10)17-11(2)8-16-9-13(17)5-6-18/h3-4,7,11,13,16,18H,5-6,8-9H2,1-2H3. The molecule has 0 spiro atoms. The summed E-state index contributed by atoms with van der Waals surface area (Å²) in [6, 6.07) is 6.75. The van der Waals surface area contributed by atoms with Crippen molar-refractivity contribution in [2.24, 2.45) is 0 Å². The highest BCUT2D eigenvalue weighted by Crippen LogP contribution is 2.29. The second-order valence-electron chi connectivity index (χ2n) is 5.01. The van der Waals surface area contributed by atoms with Crippen molar-refractivity contribution in [3.8, 4) is 0 Å². The van der Waals surface area contributed by atoms with Crippen LogP contribution in [0.25, 0.3) is 0 Å². The summed E-state index contributed by atoms with van der Waals surface area (Å²) >= 11 is 6.12. The number of hydrogen-bond acceptors (Lipinski definition) is 3. The van der Waals surface area contributed by atoms with E-state index in [0.29, 0.717) is 12.1 Å². The van der Waals surface area contributed by atoms with E-state index in [-0.39, 0.29) is 6.61 Å². The summed E-state index contributed by atoms with van der Waals surface area (Å²) in [5.74, 6) is 0. The van der Waals surface area contributed by atoms with Crippen LogP contribution in [0, 0.1) is 6.92 Å². The van der Waals surface area contributed by atoms with Crippen LogP contribution in [-0.4, -0.2) is 36.9 Å². The Hall–Kier alpha value is -0.770. The fourth-order valence-corrected chi connectivity index (χ4v) is 2.87. The molecule has 4 heteroatoms. The molecule has 1 aromatic carbocycles. The van der Waals surface area contributed by atoms with E-state index in [2.05, 4.69) is 30.1 Å². The highest BCUT2D eigenvalue weighted by atomic mass is 35.5. The zero-order chi connectivity index (χ0) is 13.1. The number of aliphatic hydroxyl groups excluding tert-OH is 1. The molecule has 100 valence electrons. The molecule has 3 nitrogen and oxygen atoms in total. The third-order valence-corrected chi connectivity index (χ3v) is 3.83. The number of benzene rings is 1. The topological polar surface area (TPSA) is 35.5 Å². The molecule has 2 atom stereocenters. The Morgan fingerprint density at radius 3 is 2.94 bits per heavy atom. The average molecular weight is 269 g/mol. The van der Waals surface area contributed by atoms with E-state index in [1.807, 2.05) is 12.1 Å². The summed E-state index contributed by atoms with van der Waals surface area (Å²) in [5.41, 5.74) is 2.42. The van der Waals surface area contributed by atoms with Gasteiger partial charge in [-0.25, -0.2) is 0 Å². The predicted molar refractivity (Wildman–Crippen MR) is 76.5 cm³/mol. The summed E-state index contributed by atoms with van der Waals surface area (Å²) in [6.07, 6.45) is 0.781. The number of nitrogens with one attached hydrogen (secondary N) is 1. The predicted octanol–water partition coefficient (Wildman–Crippen LogP) is 2.20. The number of hydrogen-bond donors (Lipinski definition) is 2. The van der Waals surface area contributed by atoms with Gasteiger partial charge in [0.2, 0.25) is 0 Å². The third-order valence-electron chi connectivity index (χ3n) is 3.60. The minimum atomic E-state index is 0.217. The van der Waals surface area contributed by atoms with Crippen molar-refractivity contribution < 1.29 is 5.11 Å². The summed E-state index contributed by atoms with van der Waals surface area (Å²) in [5, 5.41) is 13.4. The normalized spacial score (nSPS) is 24.3. The summed E-state index contributed by atoms with van der Waals surface area (Å²) in [4.78, 5) is 2.40. The molecule has 0 aliphatic carbocycles. The Labute approximate surface area is 114 Å². The lowest BCUT2D eigenvalue weighted by molar-refractivity contribution is 0.259. The van der Waals surface area contributed by atoms with Crippen molar-refractivity contribution in [2.75, 3.05) is 24.6 Å². The molecule has 0 saturated carbocycles. The van der Waals surface area contributed by atoms with Crippen LogP contribution in [0.3, 0.4) is 0 Å². The largest absolute Gasteiger partial charge is 0.396 e. The number of anilines is 1. The molecule has 0 aromatic heterocycles. The van der Waals surface area contributed by atoms with Crippen molar-refractivity contribution in [1.29, 1.82) is 0 Å². The van der Waals surface area contributed by atoms with Gasteiger partial charge >= 0.3 is 0 Å². The molecule has 2 N–H and O–H groups in total. The van der Waals surface area contributed by atoms with Gasteiger partial charge in [-0.3, -0.25) is 0 Å². The van der Waals surface area contributed by atoms with Crippen molar-refractivity contribution in [3.63, 3.8) is 0 Å². The first-order chi connectivity index (χ1) is 8.63. The van der Waals surface area contributed by atoms with E-state index in [4.69, 9.17) is 11.6 Å². The van der Waals surface area contributed by atoms with Crippen molar-refractivity contribution in [3.05, 3.63) is 28.8 Å². The Morgan fingerprint density at radius 1 is 1.44 bits per heavy atom. The lowest BCUT2D eigenvalue weighted by Crippen LogP contribution is -2.57. The Balaban J connectivity index is 2.33. The van der Waals surface area contributed by atoms with Crippen LogP contribution in [0.2, 0.25) is 5.02 Å². The summed E-state index contributed by atoms with van der Waals surface area (Å²) in [7, 11) is 0. The van der Waals surface area contributed by atoms with Gasteiger partial charge in [-0.2, -0.15) is 0 Å². The lowest BCUT2D eigenvalue weighted by Gasteiger charge is -2.43. The fraction of sp³-hybridized carbons (Fsp3) is 0.571. The summed E-state index contributed by atoms with van der Waals surface area (Å²) in [6.45, 7) is 6.41. The number of nitrogens with zero attached hydrogens (tertiary/aromatic N) is 1. The molecule has 1 aromatic rings. The molecule has 2 unspecified atom stereocenters. The maximum absolute atomic E-state index is 9.21. The highest BCUT2D eigenvalue weighted by molar-refractivity contribution is 6.30. The van der Waals surface area contributed by atoms with Gasteiger partial charge in [0.05, 0.1) is 0 Å². The van der Waals surface area contributed by atoms with E-state index < -0.39 is 0 Å². The Kier molecular flexibility index (Phi) is 4.49. The van der Waals surface area contributed by atoms with Crippen LogP contribution in [0.15, 0.2) is 18.2 Å². The second kappa shape index (κ2) is 5.91. The molecular weight excluding hydrogens is 248 g/mol. The minimum absolute atomic E-state index is 0.217. The zero-order valence-corrected chi connectivity index (χ0v) is 11.7. The van der Waals surface area contributed by atoms with Crippen molar-refractivity contribution in [2.45, 2.75) is 32.4 Å². The average Bonchev–Trinajstić information content (AvgIpc) is 2.34. The van der Waals surface area contributed by atoms with Crippen molar-refractivity contribution in [1.82, 2.24) is 5.32 Å². The Bertz CT molecular complexity index is 409. The van der Waals surface area contributed by atoms with Crippen LogP contribution in [0.4, 0.5) is 5.69 Å². The molecule has 1 saturated heterocycles. The van der Waals surface area contributed by atoms with Crippen LogP contribution >= 0.6 is 11.6 Å². The van der Waals surface area contributed by atoms with Gasteiger partial charge in [0.1, 0.15) is 0 Å². The highest BCUT2D eigenvalue weighted by Gasteiger charge is 2.28. The van der Waals surface area contributed by atoms with E-state index in [1.165, 1.54) is 11.3 Å². The van der Waals surface area contributed by atoms with Crippen LogP contribution < -0.4 is 10.2 Å². The number of rotatable bonds is 3. The van der Waals surface area contributed by atoms with Gasteiger partial charge in [0.15, 0.2) is 0 Å². The summed E-state index contributed by atoms with van der Waals surface area (Å²) < 4.78 is 0. The molecule has 18 heavy (non-hydrogen) atoms. The smallest absolute Gasteiger partial charge is 0.0451 e. The molecule has 1 heterocycles. The molecule has 0 amide bonds. The fourth-order valence-electron chi connectivity index (χ4n) is 2.70. The van der Waals surface area contributed by atoms with Gasteiger partial charge in [-0.15, -0.1) is 0 Å². The maximum Gasteiger partial charge on any atom is 0.0451 e. The lowest BCUT2D eigenvalue weighted by atomic mass is 10.0. The van der Waals surface area contributed by atoms with Gasteiger partial charge < -0.3 is 15.3 Å². The second-order valence-corrected chi connectivity index (χ2v) is 5.45. The molecule has 1 fully saturated rings. The third kappa shape index (κ3) is 2.79. The minimum Gasteiger partial charge on any atom is -0.396 e. The number of aryl methyl sites for hydroxylation is 1. The van der Waals surface area contributed by atoms with Crippen molar-refractivity contribution >= 4 is 17.3 Å². The SMILES string of the molecule is Cc1ccc(Cl)cc1N1C(C)CNCC1CCO. The number of aliphatic hydroxyl groups is 1. The van der Waals surface area contributed by atoms with E-state index in [9.17, 15) is 5.11 Å². The first kappa shape index (κ1) is 13.7. The van der Waals surface area contributed by atoms with E-state index >= 15 is 0 Å². The van der Waals surface area contributed by atoms with E-state index in [1.54, 1.807) is 0 Å². The van der Waals surface area contributed by atoms with Crippen LogP contribution in [0.1, 0.15) is 18.9 Å².